The number of nitrogens with zero attached hydrogens (tertiary/aromatic N) is 7. The van der Waals surface area contributed by atoms with Crippen LogP contribution in [0.5, 0.6) is 23.8 Å². The molecule has 2 aromatic heterocycles. The molecule has 4 aliphatic heterocycles. The average molecular weight is 777 g/mol. The molecule has 0 spiro atoms. The molecule has 0 aliphatic carbocycles. The van der Waals surface area contributed by atoms with Crippen LogP contribution in [0, 0.1) is 0 Å². The zero-order valence-corrected chi connectivity index (χ0v) is 31.6. The Morgan fingerprint density at radius 2 is 1.38 bits per heavy atom. The number of benzene rings is 2. The predicted molar refractivity (Wildman–Crippen MR) is 203 cm³/mol. The number of carboxylic acid groups (broad SMARTS) is 2. The number of nitrogens with one attached hydrogen (secondary N) is 1. The zero-order chi connectivity index (χ0) is 38.5. The van der Waals surface area contributed by atoms with Crippen LogP contribution in [0.4, 0.5) is 15.3 Å². The number of anilines is 1. The molecule has 2 aromatic carbocycles. The van der Waals surface area contributed by atoms with E-state index < -0.39 is 12.2 Å². The third kappa shape index (κ3) is 8.34. The number of likely N-dealkylation sites (tertiary alicyclic amines) is 2. The summed E-state index contributed by atoms with van der Waals surface area (Å²) in [6.07, 6.45) is 2.99. The lowest BCUT2D eigenvalue weighted by Crippen LogP contribution is -2.38. The Labute approximate surface area is 323 Å². The molecule has 17 heteroatoms. The number of ether oxygens (including phenoxy) is 4. The van der Waals surface area contributed by atoms with Crippen molar-refractivity contribution in [2.75, 3.05) is 58.5 Å². The molecule has 2 atom stereocenters. The first-order valence-electron chi connectivity index (χ1n) is 18.5. The van der Waals surface area contributed by atoms with Crippen molar-refractivity contribution in [3.8, 4) is 23.8 Å². The summed E-state index contributed by atoms with van der Waals surface area (Å²) in [6, 6.07) is 12.2. The SMILES string of the molecule is COc1nc(OC[C@@H]2CCCN2C(=O)O)nc2c1CCN(c1cccc3cccc(Cl)c13)C2.COc1nc(OC[C@@H]2CCCN2C(=O)O)nc2c1CCNC2. The Bertz CT molecular complexity index is 2020. The fourth-order valence-corrected chi connectivity index (χ4v) is 8.03. The van der Waals surface area contributed by atoms with E-state index in [2.05, 4.69) is 48.4 Å². The summed E-state index contributed by atoms with van der Waals surface area (Å²) >= 11 is 6.55. The average Bonchev–Trinajstić information content (AvgIpc) is 3.89. The number of amides is 2. The predicted octanol–water partition coefficient (Wildman–Crippen LogP) is 5.03. The fraction of sp³-hybridized carbons (Fsp3) is 0.474. The molecule has 8 rings (SSSR count). The third-order valence-corrected chi connectivity index (χ3v) is 10.8. The molecule has 2 fully saturated rings. The van der Waals surface area contributed by atoms with Gasteiger partial charge in [0.1, 0.15) is 13.2 Å². The summed E-state index contributed by atoms with van der Waals surface area (Å²) in [5.74, 6) is 1.05. The lowest BCUT2D eigenvalue weighted by Gasteiger charge is -2.31. The molecule has 0 unspecified atom stereocenters. The van der Waals surface area contributed by atoms with Crippen LogP contribution < -0.4 is 29.2 Å². The van der Waals surface area contributed by atoms with Gasteiger partial charge in [-0.25, -0.2) is 9.59 Å². The standard InChI is InChI=1S/C24H25ClN4O4.C14H20N4O4/c1-32-22-17-10-12-28(20-9-3-6-15-5-2-8-18(25)21(15)20)13-19(17)26-23(27-22)33-14-16-7-4-11-29(16)24(30)31;1-21-12-10-4-5-15-7-11(10)16-13(17-12)22-8-9-3-2-6-18(9)14(19)20/h2-3,5-6,8-9,16H,4,7,10-14H2,1H3,(H,30,31);9,15H,2-8H2,1H3,(H,19,20)/t16-;9-/m00/s1. The topological polar surface area (TPSA) is 185 Å². The fourth-order valence-electron chi connectivity index (χ4n) is 7.75. The second kappa shape index (κ2) is 17.0. The van der Waals surface area contributed by atoms with Gasteiger partial charge in [-0.05, 0) is 62.6 Å². The molecule has 292 valence electrons. The van der Waals surface area contributed by atoms with Crippen molar-refractivity contribution in [3.63, 3.8) is 0 Å². The maximum atomic E-state index is 11.4. The number of rotatable bonds is 9. The highest BCUT2D eigenvalue weighted by atomic mass is 35.5. The van der Waals surface area contributed by atoms with E-state index >= 15 is 0 Å². The number of fused-ring (bicyclic) bond motifs is 3. The van der Waals surface area contributed by atoms with Gasteiger partial charge in [0.2, 0.25) is 11.8 Å². The Hall–Kier alpha value is -5.35. The first kappa shape index (κ1) is 37.9. The number of hydrogen-bond acceptors (Lipinski definition) is 12. The van der Waals surface area contributed by atoms with Crippen molar-refractivity contribution in [2.45, 2.75) is 63.7 Å². The quantitative estimate of drug-likeness (QED) is 0.206. The molecule has 3 N–H and O–H groups in total. The second-order valence-electron chi connectivity index (χ2n) is 13.8. The molecule has 16 nitrogen and oxygen atoms in total. The van der Waals surface area contributed by atoms with Crippen LogP contribution in [-0.4, -0.2) is 118 Å². The van der Waals surface area contributed by atoms with Gasteiger partial charge in [-0.3, -0.25) is 0 Å². The maximum absolute atomic E-state index is 11.4. The van der Waals surface area contributed by atoms with Gasteiger partial charge >= 0.3 is 24.2 Å². The van der Waals surface area contributed by atoms with E-state index in [1.165, 1.54) is 9.80 Å². The summed E-state index contributed by atoms with van der Waals surface area (Å²) in [5.41, 5.74) is 4.78. The van der Waals surface area contributed by atoms with Gasteiger partial charge < -0.3 is 49.2 Å². The number of halogens is 1. The van der Waals surface area contributed by atoms with Gasteiger partial charge in [0.15, 0.2) is 0 Å². The van der Waals surface area contributed by atoms with Crippen molar-refractivity contribution in [1.29, 1.82) is 0 Å². The number of carbonyl (C=O) groups is 2. The number of methoxy groups -OCH3 is 2. The van der Waals surface area contributed by atoms with Crippen LogP contribution in [0.2, 0.25) is 5.02 Å². The summed E-state index contributed by atoms with van der Waals surface area (Å²) < 4.78 is 22.4. The molecule has 2 saturated heterocycles. The monoisotopic (exact) mass is 776 g/mol. The smallest absolute Gasteiger partial charge is 0.407 e. The van der Waals surface area contributed by atoms with Crippen LogP contribution >= 0.6 is 11.6 Å². The van der Waals surface area contributed by atoms with Gasteiger partial charge in [0.05, 0.1) is 49.3 Å². The Kier molecular flexibility index (Phi) is 11.7. The Morgan fingerprint density at radius 3 is 1.98 bits per heavy atom. The molecule has 2 amide bonds. The van der Waals surface area contributed by atoms with E-state index in [9.17, 15) is 14.7 Å². The molecule has 0 saturated carbocycles. The lowest BCUT2D eigenvalue weighted by molar-refractivity contribution is 0.120. The van der Waals surface area contributed by atoms with E-state index in [1.54, 1.807) is 14.2 Å². The highest BCUT2D eigenvalue weighted by molar-refractivity contribution is 6.36. The third-order valence-electron chi connectivity index (χ3n) is 10.5. The summed E-state index contributed by atoms with van der Waals surface area (Å²) in [5, 5.41) is 24.6. The highest BCUT2D eigenvalue weighted by Crippen LogP contribution is 2.37. The van der Waals surface area contributed by atoms with Gasteiger partial charge in [0, 0.05) is 48.4 Å². The minimum Gasteiger partial charge on any atom is -0.481 e. The first-order valence-corrected chi connectivity index (χ1v) is 18.9. The second-order valence-corrected chi connectivity index (χ2v) is 14.2. The van der Waals surface area contributed by atoms with Crippen molar-refractivity contribution in [2.24, 2.45) is 0 Å². The normalized spacial score (nSPS) is 18.9. The molecule has 4 aromatic rings. The van der Waals surface area contributed by atoms with Crippen LogP contribution in [-0.2, 0) is 25.9 Å². The summed E-state index contributed by atoms with van der Waals surface area (Å²) in [6.45, 7) is 4.46. The maximum Gasteiger partial charge on any atom is 0.407 e. The molecular formula is C38H45ClN8O8. The zero-order valence-electron chi connectivity index (χ0n) is 30.9. The van der Waals surface area contributed by atoms with Crippen LogP contribution in [0.25, 0.3) is 10.8 Å². The molecular weight excluding hydrogens is 732 g/mol. The van der Waals surface area contributed by atoms with E-state index in [0.29, 0.717) is 37.9 Å². The van der Waals surface area contributed by atoms with Gasteiger partial charge in [-0.15, -0.1) is 0 Å². The number of hydrogen-bond donors (Lipinski definition) is 3. The van der Waals surface area contributed by atoms with E-state index in [0.717, 1.165) is 95.6 Å². The highest BCUT2D eigenvalue weighted by Gasteiger charge is 2.31. The summed E-state index contributed by atoms with van der Waals surface area (Å²) in [7, 11) is 3.17. The van der Waals surface area contributed by atoms with Gasteiger partial charge in [-0.2, -0.15) is 19.9 Å². The number of aromatic nitrogens is 4. The molecule has 55 heavy (non-hydrogen) atoms. The molecule has 4 aliphatic rings. The Balaban J connectivity index is 0.000000184. The van der Waals surface area contributed by atoms with Crippen molar-refractivity contribution >= 4 is 40.2 Å². The van der Waals surface area contributed by atoms with Crippen LogP contribution in [0.1, 0.15) is 48.2 Å². The largest absolute Gasteiger partial charge is 0.481 e. The van der Waals surface area contributed by atoms with E-state index in [1.807, 2.05) is 18.2 Å². The molecule has 0 radical (unpaired) electrons. The Morgan fingerprint density at radius 1 is 0.800 bits per heavy atom. The van der Waals surface area contributed by atoms with E-state index in [-0.39, 0.29) is 37.3 Å². The van der Waals surface area contributed by atoms with Crippen molar-refractivity contribution in [3.05, 3.63) is 63.9 Å². The molecule has 0 bridgehead atoms. The van der Waals surface area contributed by atoms with Crippen molar-refractivity contribution < 1.29 is 38.7 Å². The van der Waals surface area contributed by atoms with Crippen LogP contribution in [0.3, 0.4) is 0 Å². The van der Waals surface area contributed by atoms with Gasteiger partial charge in [0.25, 0.3) is 0 Å². The first-order chi connectivity index (χ1) is 26.7. The minimum atomic E-state index is -0.922. The van der Waals surface area contributed by atoms with Gasteiger partial charge in [-0.1, -0.05) is 35.9 Å². The lowest BCUT2D eigenvalue weighted by atomic mass is 10.0. The minimum absolute atomic E-state index is 0.138. The van der Waals surface area contributed by atoms with Crippen molar-refractivity contribution in [1.82, 2.24) is 35.1 Å². The van der Waals surface area contributed by atoms with Crippen LogP contribution in [0.15, 0.2) is 36.4 Å². The summed E-state index contributed by atoms with van der Waals surface area (Å²) in [4.78, 5) is 45.4. The molecule has 6 heterocycles. The van der Waals surface area contributed by atoms with E-state index in [4.69, 9.17) is 35.7 Å².